The molecule has 0 aliphatic heterocycles. The quantitative estimate of drug-likeness (QED) is 0.663. The first-order valence-electron chi connectivity index (χ1n) is 8.44. The van der Waals surface area contributed by atoms with Gasteiger partial charge in [-0.3, -0.25) is 4.79 Å². The molecule has 0 fully saturated rings. The van der Waals surface area contributed by atoms with Gasteiger partial charge >= 0.3 is 0 Å². The van der Waals surface area contributed by atoms with Gasteiger partial charge < -0.3 is 5.32 Å². The molecular weight excluding hydrogens is 416 g/mol. The minimum Gasteiger partial charge on any atom is -0.352 e. The van der Waals surface area contributed by atoms with Crippen LogP contribution < -0.4 is 10.0 Å². The Morgan fingerprint density at radius 1 is 1.08 bits per heavy atom. The zero-order valence-electron chi connectivity index (χ0n) is 14.8. The van der Waals surface area contributed by atoms with Crippen LogP contribution in [-0.2, 0) is 21.2 Å². The van der Waals surface area contributed by atoms with Gasteiger partial charge in [0.25, 0.3) is 0 Å². The van der Waals surface area contributed by atoms with Gasteiger partial charge in [0, 0.05) is 10.5 Å². The summed E-state index contributed by atoms with van der Waals surface area (Å²) >= 11 is 3.29. The summed E-state index contributed by atoms with van der Waals surface area (Å²) in [6.07, 6.45) is 1.04. The molecule has 0 aromatic heterocycles. The van der Waals surface area contributed by atoms with Gasteiger partial charge in [-0.25, -0.2) is 8.42 Å². The second-order valence-electron chi connectivity index (χ2n) is 6.14. The largest absolute Gasteiger partial charge is 0.352 e. The molecule has 140 valence electrons. The lowest BCUT2D eigenvalue weighted by Crippen LogP contribution is -2.50. The van der Waals surface area contributed by atoms with Crippen molar-refractivity contribution in [2.45, 2.75) is 43.7 Å². The summed E-state index contributed by atoms with van der Waals surface area (Å²) in [4.78, 5) is 12.8. The van der Waals surface area contributed by atoms with Gasteiger partial charge in [0.2, 0.25) is 15.9 Å². The Bertz CT molecular complexity index is 824. The molecule has 2 aromatic rings. The van der Waals surface area contributed by atoms with Crippen molar-refractivity contribution in [2.75, 3.05) is 0 Å². The fourth-order valence-electron chi connectivity index (χ4n) is 2.35. The van der Waals surface area contributed by atoms with Gasteiger partial charge in [-0.1, -0.05) is 53.2 Å². The van der Waals surface area contributed by atoms with E-state index in [0.717, 1.165) is 16.5 Å². The van der Waals surface area contributed by atoms with Crippen LogP contribution in [0.2, 0.25) is 0 Å². The van der Waals surface area contributed by atoms with Gasteiger partial charge in [0.1, 0.15) is 6.04 Å². The number of rotatable bonds is 8. The molecule has 5 nitrogen and oxygen atoms in total. The van der Waals surface area contributed by atoms with Gasteiger partial charge in [-0.05, 0) is 49.6 Å². The van der Waals surface area contributed by atoms with Crippen LogP contribution in [0, 0.1) is 0 Å². The molecular formula is C19H23BrN2O3S. The first-order chi connectivity index (χ1) is 12.3. The van der Waals surface area contributed by atoms with Crippen LogP contribution in [0.25, 0.3) is 0 Å². The van der Waals surface area contributed by atoms with Crippen molar-refractivity contribution in [3.8, 4) is 0 Å². The van der Waals surface area contributed by atoms with E-state index in [1.54, 1.807) is 12.1 Å². The monoisotopic (exact) mass is 438 g/mol. The van der Waals surface area contributed by atoms with Crippen LogP contribution >= 0.6 is 15.9 Å². The second-order valence-corrected chi connectivity index (χ2v) is 8.77. The normalized spacial score (nSPS) is 13.8. The summed E-state index contributed by atoms with van der Waals surface area (Å²) in [5, 5.41) is 2.86. The summed E-state index contributed by atoms with van der Waals surface area (Å²) in [6.45, 7) is 3.85. The second kappa shape index (κ2) is 9.30. The van der Waals surface area contributed by atoms with Gasteiger partial charge in [-0.15, -0.1) is 0 Å². The third-order valence-electron chi connectivity index (χ3n) is 4.02. The molecule has 2 atom stereocenters. The summed E-state index contributed by atoms with van der Waals surface area (Å²) in [5.74, 6) is -0.330. The molecule has 0 saturated heterocycles. The van der Waals surface area contributed by atoms with Gasteiger partial charge in [0.05, 0.1) is 4.90 Å². The van der Waals surface area contributed by atoms with E-state index in [4.69, 9.17) is 0 Å². The molecule has 0 bridgehead atoms. The molecule has 7 heteroatoms. The zero-order valence-corrected chi connectivity index (χ0v) is 17.2. The summed E-state index contributed by atoms with van der Waals surface area (Å²) in [7, 11) is -3.82. The number of sulfonamides is 1. The lowest BCUT2D eigenvalue weighted by molar-refractivity contribution is -0.123. The van der Waals surface area contributed by atoms with E-state index < -0.39 is 16.1 Å². The number of nitrogens with one attached hydrogen (secondary N) is 2. The SMILES string of the molecule is CC[C@@H](C)NC(=O)[C@@H](Cc1ccccc1)NS(=O)(=O)c1ccc(Br)cc1. The van der Waals surface area contributed by atoms with Gasteiger partial charge in [0.15, 0.2) is 0 Å². The van der Waals surface area contributed by atoms with E-state index in [9.17, 15) is 13.2 Å². The van der Waals surface area contributed by atoms with Crippen LogP contribution in [0.4, 0.5) is 0 Å². The fraction of sp³-hybridized carbons (Fsp3) is 0.316. The fourth-order valence-corrected chi connectivity index (χ4v) is 3.81. The smallest absolute Gasteiger partial charge is 0.241 e. The van der Waals surface area contributed by atoms with Crippen molar-refractivity contribution in [2.24, 2.45) is 0 Å². The van der Waals surface area contributed by atoms with Crippen LogP contribution in [0.3, 0.4) is 0 Å². The van der Waals surface area contributed by atoms with Crippen molar-refractivity contribution in [1.29, 1.82) is 0 Å². The first kappa shape index (κ1) is 20.6. The number of hydrogen-bond acceptors (Lipinski definition) is 3. The van der Waals surface area contributed by atoms with E-state index in [0.29, 0.717) is 0 Å². The molecule has 1 amide bonds. The van der Waals surface area contributed by atoms with Crippen LogP contribution in [0.5, 0.6) is 0 Å². The Morgan fingerprint density at radius 2 is 1.69 bits per heavy atom. The minimum absolute atomic E-state index is 0.0297. The summed E-state index contributed by atoms with van der Waals surface area (Å²) in [6, 6.07) is 14.7. The van der Waals surface area contributed by atoms with E-state index in [1.807, 2.05) is 44.2 Å². The van der Waals surface area contributed by atoms with Crippen molar-refractivity contribution in [3.05, 3.63) is 64.6 Å². The number of amides is 1. The summed E-state index contributed by atoms with van der Waals surface area (Å²) in [5.41, 5.74) is 0.885. The van der Waals surface area contributed by atoms with Gasteiger partial charge in [-0.2, -0.15) is 4.72 Å². The van der Waals surface area contributed by atoms with E-state index in [2.05, 4.69) is 26.0 Å². The maximum Gasteiger partial charge on any atom is 0.241 e. The number of benzene rings is 2. The van der Waals surface area contributed by atoms with E-state index in [-0.39, 0.29) is 23.3 Å². The third kappa shape index (κ3) is 5.93. The number of halogens is 1. The lowest BCUT2D eigenvalue weighted by atomic mass is 10.1. The Balaban J connectivity index is 2.24. The number of carbonyl (C=O) groups is 1. The highest BCUT2D eigenvalue weighted by atomic mass is 79.9. The van der Waals surface area contributed by atoms with E-state index in [1.165, 1.54) is 12.1 Å². The molecule has 26 heavy (non-hydrogen) atoms. The predicted octanol–water partition coefficient (Wildman–Crippen LogP) is 3.25. The molecule has 0 radical (unpaired) electrons. The highest BCUT2D eigenvalue weighted by Gasteiger charge is 2.26. The minimum atomic E-state index is -3.82. The average molecular weight is 439 g/mol. The maximum atomic E-state index is 12.7. The average Bonchev–Trinajstić information content (AvgIpc) is 2.62. The van der Waals surface area contributed by atoms with Crippen molar-refractivity contribution >= 4 is 31.9 Å². The zero-order chi connectivity index (χ0) is 19.2. The van der Waals surface area contributed by atoms with E-state index >= 15 is 0 Å². The first-order valence-corrected chi connectivity index (χ1v) is 10.7. The van der Waals surface area contributed by atoms with Crippen LogP contribution in [0.1, 0.15) is 25.8 Å². The molecule has 0 aliphatic carbocycles. The Labute approximate surface area is 163 Å². The maximum absolute atomic E-state index is 12.7. The molecule has 2 aromatic carbocycles. The molecule has 0 spiro atoms. The molecule has 2 N–H and O–H groups in total. The molecule has 0 heterocycles. The Kier molecular flexibility index (Phi) is 7.37. The third-order valence-corrected chi connectivity index (χ3v) is 6.04. The predicted molar refractivity (Wildman–Crippen MR) is 106 cm³/mol. The lowest BCUT2D eigenvalue weighted by Gasteiger charge is -2.21. The molecule has 0 saturated carbocycles. The van der Waals surface area contributed by atoms with Crippen molar-refractivity contribution in [1.82, 2.24) is 10.0 Å². The van der Waals surface area contributed by atoms with Crippen LogP contribution in [-0.4, -0.2) is 26.4 Å². The van der Waals surface area contributed by atoms with Crippen molar-refractivity contribution in [3.63, 3.8) is 0 Å². The Morgan fingerprint density at radius 3 is 2.27 bits per heavy atom. The van der Waals surface area contributed by atoms with Crippen LogP contribution in [0.15, 0.2) is 64.0 Å². The highest BCUT2D eigenvalue weighted by Crippen LogP contribution is 2.16. The molecule has 2 rings (SSSR count). The number of carbonyl (C=O) groups excluding carboxylic acids is 1. The topological polar surface area (TPSA) is 75.3 Å². The standard InChI is InChI=1S/C19H23BrN2O3S/c1-3-14(2)21-19(23)18(13-15-7-5-4-6-8-15)22-26(24,25)17-11-9-16(20)10-12-17/h4-12,14,18,22H,3,13H2,1-2H3,(H,21,23)/t14-,18-/m1/s1. The molecule has 0 aliphatic rings. The number of hydrogen-bond donors (Lipinski definition) is 2. The highest BCUT2D eigenvalue weighted by molar-refractivity contribution is 9.10. The van der Waals surface area contributed by atoms with Crippen molar-refractivity contribution < 1.29 is 13.2 Å². The summed E-state index contributed by atoms with van der Waals surface area (Å²) < 4.78 is 28.7. The Hall–Kier alpha value is -1.70. The molecule has 0 unspecified atom stereocenters.